The number of ketones is 1. The van der Waals surface area contributed by atoms with E-state index in [2.05, 4.69) is 24.8 Å². The number of H-pyrrole nitrogens is 1. The monoisotopic (exact) mass is 405 g/mol. The molecule has 7 heteroatoms. The summed E-state index contributed by atoms with van der Waals surface area (Å²) >= 11 is 6.15. The number of halogens is 1. The average Bonchev–Trinajstić information content (AvgIpc) is 3.11. The van der Waals surface area contributed by atoms with Crippen molar-refractivity contribution in [3.8, 4) is 0 Å². The minimum Gasteiger partial charge on any atom is -0.368 e. The van der Waals surface area contributed by atoms with Crippen LogP contribution in [-0.2, 0) is 0 Å². The van der Waals surface area contributed by atoms with Gasteiger partial charge in [0.05, 0.1) is 0 Å². The van der Waals surface area contributed by atoms with Crippen molar-refractivity contribution in [2.24, 2.45) is 0 Å². The van der Waals surface area contributed by atoms with Crippen molar-refractivity contribution >= 4 is 50.8 Å². The Kier molecular flexibility index (Phi) is 4.36. The Bertz CT molecular complexity index is 1210. The summed E-state index contributed by atoms with van der Waals surface area (Å²) in [5, 5.41) is 1.75. The van der Waals surface area contributed by atoms with Crippen LogP contribution in [0, 0.1) is 0 Å². The second-order valence-corrected chi connectivity index (χ2v) is 7.75. The first-order chi connectivity index (χ1) is 14.1. The highest BCUT2D eigenvalue weighted by atomic mass is 35.5. The third-order valence-corrected chi connectivity index (χ3v) is 5.78. The Morgan fingerprint density at radius 2 is 1.72 bits per heavy atom. The van der Waals surface area contributed by atoms with Gasteiger partial charge in [0, 0.05) is 53.4 Å². The number of hydrogen-bond acceptors (Lipinski definition) is 5. The van der Waals surface area contributed by atoms with E-state index in [0.29, 0.717) is 5.02 Å². The lowest BCUT2D eigenvalue weighted by Gasteiger charge is -2.36. The molecule has 5 rings (SSSR count). The molecule has 0 atom stereocenters. The van der Waals surface area contributed by atoms with Crippen molar-refractivity contribution < 1.29 is 4.79 Å². The van der Waals surface area contributed by atoms with Crippen LogP contribution in [0.2, 0.25) is 5.02 Å². The van der Waals surface area contributed by atoms with Crippen LogP contribution in [0.5, 0.6) is 0 Å². The highest BCUT2D eigenvalue weighted by Crippen LogP contribution is 2.31. The predicted octanol–water partition coefficient (Wildman–Crippen LogP) is 4.29. The van der Waals surface area contributed by atoms with E-state index in [-0.39, 0.29) is 5.78 Å². The number of carbonyl (C=O) groups is 1. The SMILES string of the molecule is CC(=O)c1ccc(N2CCN(c3ncnc4c3[nH]c3cc(Cl)ccc34)CC2)cc1. The molecule has 2 aromatic heterocycles. The van der Waals surface area contributed by atoms with Crippen LogP contribution in [-0.4, -0.2) is 46.9 Å². The number of Topliss-reactive ketones (excluding diaryl/α,β-unsaturated/α-hetero) is 1. The highest BCUT2D eigenvalue weighted by Gasteiger charge is 2.22. The van der Waals surface area contributed by atoms with E-state index in [4.69, 9.17) is 11.6 Å². The second kappa shape index (κ2) is 7.04. The molecule has 6 nitrogen and oxygen atoms in total. The highest BCUT2D eigenvalue weighted by molar-refractivity contribution is 6.31. The summed E-state index contributed by atoms with van der Waals surface area (Å²) in [6, 6.07) is 13.6. The van der Waals surface area contributed by atoms with Crippen LogP contribution < -0.4 is 9.80 Å². The van der Waals surface area contributed by atoms with Crippen LogP contribution >= 0.6 is 11.6 Å². The first-order valence-corrected chi connectivity index (χ1v) is 10.0. The minimum absolute atomic E-state index is 0.0915. The normalized spacial score (nSPS) is 14.7. The van der Waals surface area contributed by atoms with Gasteiger partial charge in [-0.3, -0.25) is 4.79 Å². The molecule has 0 aliphatic carbocycles. The van der Waals surface area contributed by atoms with Crippen molar-refractivity contribution in [1.29, 1.82) is 0 Å². The number of carbonyl (C=O) groups excluding carboxylic acids is 1. The van der Waals surface area contributed by atoms with Gasteiger partial charge in [-0.2, -0.15) is 0 Å². The zero-order valence-corrected chi connectivity index (χ0v) is 16.8. The van der Waals surface area contributed by atoms with Gasteiger partial charge in [-0.1, -0.05) is 11.6 Å². The Labute approximate surface area is 173 Å². The molecule has 146 valence electrons. The number of benzene rings is 2. The third-order valence-electron chi connectivity index (χ3n) is 5.54. The molecule has 1 saturated heterocycles. The molecule has 4 aromatic rings. The fourth-order valence-corrected chi connectivity index (χ4v) is 4.15. The summed E-state index contributed by atoms with van der Waals surface area (Å²) in [6.45, 7) is 5.08. The van der Waals surface area contributed by atoms with Crippen LogP contribution in [0.4, 0.5) is 11.5 Å². The van der Waals surface area contributed by atoms with E-state index in [1.54, 1.807) is 13.3 Å². The largest absolute Gasteiger partial charge is 0.368 e. The van der Waals surface area contributed by atoms with E-state index < -0.39 is 0 Å². The quantitative estimate of drug-likeness (QED) is 0.515. The van der Waals surface area contributed by atoms with Gasteiger partial charge in [0.25, 0.3) is 0 Å². The van der Waals surface area contributed by atoms with Crippen molar-refractivity contribution in [2.45, 2.75) is 6.92 Å². The number of anilines is 2. The fourth-order valence-electron chi connectivity index (χ4n) is 3.98. The lowest BCUT2D eigenvalue weighted by Crippen LogP contribution is -2.47. The Morgan fingerprint density at radius 3 is 2.45 bits per heavy atom. The first-order valence-electron chi connectivity index (χ1n) is 9.63. The van der Waals surface area contributed by atoms with Crippen molar-refractivity contribution in [3.63, 3.8) is 0 Å². The Hall–Kier alpha value is -3.12. The van der Waals surface area contributed by atoms with Gasteiger partial charge in [-0.05, 0) is 49.4 Å². The zero-order valence-electron chi connectivity index (χ0n) is 16.0. The average molecular weight is 406 g/mol. The summed E-state index contributed by atoms with van der Waals surface area (Å²) in [6.07, 6.45) is 1.63. The van der Waals surface area contributed by atoms with Gasteiger partial charge >= 0.3 is 0 Å². The lowest BCUT2D eigenvalue weighted by molar-refractivity contribution is 0.101. The number of nitrogens with one attached hydrogen (secondary N) is 1. The van der Waals surface area contributed by atoms with Gasteiger partial charge in [0.15, 0.2) is 11.6 Å². The number of hydrogen-bond donors (Lipinski definition) is 1. The zero-order chi connectivity index (χ0) is 20.0. The maximum atomic E-state index is 11.5. The molecule has 1 aliphatic heterocycles. The standard InChI is InChI=1S/C22H20ClN5O/c1-14(29)15-2-5-17(6-3-15)27-8-10-28(11-9-27)22-21-20(24-13-25-22)18-7-4-16(23)12-19(18)26-21/h2-7,12-13,26H,8-11H2,1H3. The van der Waals surface area contributed by atoms with Crippen molar-refractivity contribution in [1.82, 2.24) is 15.0 Å². The van der Waals surface area contributed by atoms with E-state index in [1.165, 1.54) is 0 Å². The summed E-state index contributed by atoms with van der Waals surface area (Å²) in [4.78, 5) is 28.6. The maximum absolute atomic E-state index is 11.5. The van der Waals surface area contributed by atoms with Gasteiger partial charge in [-0.25, -0.2) is 9.97 Å². The van der Waals surface area contributed by atoms with E-state index in [9.17, 15) is 4.79 Å². The minimum atomic E-state index is 0.0915. The van der Waals surface area contributed by atoms with E-state index in [1.807, 2.05) is 42.5 Å². The molecule has 0 saturated carbocycles. The number of nitrogens with zero attached hydrogens (tertiary/aromatic N) is 4. The Balaban J connectivity index is 1.40. The van der Waals surface area contributed by atoms with E-state index >= 15 is 0 Å². The smallest absolute Gasteiger partial charge is 0.159 e. The number of aromatic amines is 1. The summed E-state index contributed by atoms with van der Waals surface area (Å²) in [5.74, 6) is 1.02. The molecular weight excluding hydrogens is 386 g/mol. The van der Waals surface area contributed by atoms with Gasteiger partial charge < -0.3 is 14.8 Å². The molecule has 0 amide bonds. The summed E-state index contributed by atoms with van der Waals surface area (Å²) in [7, 11) is 0. The lowest BCUT2D eigenvalue weighted by atomic mass is 10.1. The molecule has 29 heavy (non-hydrogen) atoms. The summed E-state index contributed by atoms with van der Waals surface area (Å²) < 4.78 is 0. The van der Waals surface area contributed by atoms with Gasteiger partial charge in [0.1, 0.15) is 17.4 Å². The maximum Gasteiger partial charge on any atom is 0.159 e. The fraction of sp³-hybridized carbons (Fsp3) is 0.227. The topological polar surface area (TPSA) is 65.1 Å². The van der Waals surface area contributed by atoms with Crippen LogP contribution in [0.15, 0.2) is 48.8 Å². The molecule has 0 radical (unpaired) electrons. The molecule has 0 spiro atoms. The summed E-state index contributed by atoms with van der Waals surface area (Å²) in [5.41, 5.74) is 4.73. The predicted molar refractivity (Wildman–Crippen MR) is 117 cm³/mol. The molecule has 1 N–H and O–H groups in total. The number of rotatable bonds is 3. The number of aromatic nitrogens is 3. The van der Waals surface area contributed by atoms with Crippen molar-refractivity contribution in [3.05, 3.63) is 59.4 Å². The third kappa shape index (κ3) is 3.19. The van der Waals surface area contributed by atoms with Gasteiger partial charge in [0.2, 0.25) is 0 Å². The molecular formula is C22H20ClN5O. The number of piperazine rings is 1. The van der Waals surface area contributed by atoms with Crippen LogP contribution in [0.3, 0.4) is 0 Å². The van der Waals surface area contributed by atoms with Crippen LogP contribution in [0.25, 0.3) is 21.9 Å². The second-order valence-electron chi connectivity index (χ2n) is 7.31. The molecule has 0 unspecified atom stereocenters. The molecule has 2 aromatic carbocycles. The first kappa shape index (κ1) is 17.9. The Morgan fingerprint density at radius 1 is 1.00 bits per heavy atom. The van der Waals surface area contributed by atoms with Crippen LogP contribution in [0.1, 0.15) is 17.3 Å². The number of fused-ring (bicyclic) bond motifs is 3. The van der Waals surface area contributed by atoms with Gasteiger partial charge in [-0.15, -0.1) is 0 Å². The molecule has 1 fully saturated rings. The molecule has 3 heterocycles. The van der Waals surface area contributed by atoms with E-state index in [0.717, 1.165) is 65.2 Å². The molecule has 1 aliphatic rings. The molecule has 0 bridgehead atoms. The van der Waals surface area contributed by atoms with Crippen molar-refractivity contribution in [2.75, 3.05) is 36.0 Å².